The Morgan fingerprint density at radius 1 is 1.35 bits per heavy atom. The second-order valence-corrected chi connectivity index (χ2v) is 5.19. The van der Waals surface area contributed by atoms with Crippen molar-refractivity contribution in [2.24, 2.45) is 0 Å². The van der Waals surface area contributed by atoms with Crippen LogP contribution in [0.25, 0.3) is 0 Å². The Morgan fingerprint density at radius 3 is 2.75 bits per heavy atom. The summed E-state index contributed by atoms with van der Waals surface area (Å²) in [6.07, 6.45) is 6.07. The first-order chi connectivity index (χ1) is 9.58. The van der Waals surface area contributed by atoms with Crippen LogP contribution >= 0.6 is 0 Å². The molecule has 4 heteroatoms. The molecule has 0 amide bonds. The number of esters is 1. The highest BCUT2D eigenvalue weighted by atomic mass is 16.5. The molecule has 1 aromatic rings. The number of ether oxygens (including phenoxy) is 1. The Morgan fingerprint density at radius 2 is 2.10 bits per heavy atom. The van der Waals surface area contributed by atoms with Gasteiger partial charge in [-0.1, -0.05) is 32.6 Å². The lowest BCUT2D eigenvalue weighted by Crippen LogP contribution is -2.18. The first-order valence-corrected chi connectivity index (χ1v) is 7.32. The topological polar surface area (TPSA) is 64.3 Å². The minimum absolute atomic E-state index is 0.318. The Labute approximate surface area is 121 Å². The van der Waals surface area contributed by atoms with Gasteiger partial charge in [-0.15, -0.1) is 0 Å². The maximum absolute atomic E-state index is 11.7. The minimum atomic E-state index is -0.363. The van der Waals surface area contributed by atoms with Gasteiger partial charge >= 0.3 is 5.97 Å². The zero-order valence-electron chi connectivity index (χ0n) is 12.7. The van der Waals surface area contributed by atoms with Gasteiger partial charge in [-0.2, -0.15) is 0 Å². The largest absolute Gasteiger partial charge is 0.465 e. The number of nitrogens with one attached hydrogen (secondary N) is 1. The number of nitrogen functional groups attached to an aromatic ring is 1. The SMILES string of the molecule is CCCCCCC(C)Nc1ccc(N)cc1C(=O)OC. The number of methoxy groups -OCH3 is 1. The number of anilines is 2. The quantitative estimate of drug-likeness (QED) is 0.431. The van der Waals surface area contributed by atoms with Crippen molar-refractivity contribution < 1.29 is 9.53 Å². The molecule has 0 radical (unpaired) electrons. The van der Waals surface area contributed by atoms with Gasteiger partial charge in [0, 0.05) is 17.4 Å². The van der Waals surface area contributed by atoms with Gasteiger partial charge in [0.2, 0.25) is 0 Å². The van der Waals surface area contributed by atoms with Crippen molar-refractivity contribution in [1.29, 1.82) is 0 Å². The van der Waals surface area contributed by atoms with Gasteiger partial charge in [0.25, 0.3) is 0 Å². The molecule has 4 nitrogen and oxygen atoms in total. The van der Waals surface area contributed by atoms with Crippen LogP contribution in [0.2, 0.25) is 0 Å². The number of carbonyl (C=O) groups excluding carboxylic acids is 1. The van der Waals surface area contributed by atoms with Crippen molar-refractivity contribution in [3.8, 4) is 0 Å². The zero-order chi connectivity index (χ0) is 15.0. The number of nitrogens with two attached hydrogens (primary N) is 1. The van der Waals surface area contributed by atoms with E-state index in [0.29, 0.717) is 17.3 Å². The van der Waals surface area contributed by atoms with E-state index in [0.717, 1.165) is 12.1 Å². The van der Waals surface area contributed by atoms with Crippen LogP contribution in [-0.4, -0.2) is 19.1 Å². The van der Waals surface area contributed by atoms with E-state index in [9.17, 15) is 4.79 Å². The highest BCUT2D eigenvalue weighted by Crippen LogP contribution is 2.21. The maximum Gasteiger partial charge on any atom is 0.340 e. The number of benzene rings is 1. The van der Waals surface area contributed by atoms with E-state index >= 15 is 0 Å². The smallest absolute Gasteiger partial charge is 0.340 e. The lowest BCUT2D eigenvalue weighted by atomic mass is 10.1. The van der Waals surface area contributed by atoms with E-state index in [1.54, 1.807) is 12.1 Å². The number of hydrogen-bond donors (Lipinski definition) is 2. The first-order valence-electron chi connectivity index (χ1n) is 7.32. The summed E-state index contributed by atoms with van der Waals surface area (Å²) in [5.41, 5.74) is 7.57. The van der Waals surface area contributed by atoms with Crippen LogP contribution in [0.4, 0.5) is 11.4 Å². The summed E-state index contributed by atoms with van der Waals surface area (Å²) in [5, 5.41) is 3.37. The van der Waals surface area contributed by atoms with Crippen LogP contribution in [0.5, 0.6) is 0 Å². The summed E-state index contributed by atoms with van der Waals surface area (Å²) in [5.74, 6) is -0.363. The average Bonchev–Trinajstić information content (AvgIpc) is 2.44. The van der Waals surface area contributed by atoms with Gasteiger partial charge in [0.15, 0.2) is 0 Å². The molecular formula is C16H26N2O2. The minimum Gasteiger partial charge on any atom is -0.465 e. The molecule has 0 aromatic heterocycles. The van der Waals surface area contributed by atoms with Crippen LogP contribution < -0.4 is 11.1 Å². The van der Waals surface area contributed by atoms with E-state index < -0.39 is 0 Å². The molecule has 0 bridgehead atoms. The lowest BCUT2D eigenvalue weighted by Gasteiger charge is -2.17. The van der Waals surface area contributed by atoms with Crippen molar-refractivity contribution in [3.63, 3.8) is 0 Å². The molecule has 20 heavy (non-hydrogen) atoms. The van der Waals surface area contributed by atoms with E-state index in [-0.39, 0.29) is 5.97 Å². The highest BCUT2D eigenvalue weighted by molar-refractivity contribution is 5.96. The Balaban J connectivity index is 2.64. The third kappa shape index (κ3) is 5.11. The molecule has 0 heterocycles. The normalized spacial score (nSPS) is 11.9. The van der Waals surface area contributed by atoms with Crippen LogP contribution in [0.15, 0.2) is 18.2 Å². The fraction of sp³-hybridized carbons (Fsp3) is 0.562. The zero-order valence-corrected chi connectivity index (χ0v) is 12.7. The van der Waals surface area contributed by atoms with E-state index in [1.807, 2.05) is 6.07 Å². The van der Waals surface area contributed by atoms with Gasteiger partial charge in [0.1, 0.15) is 0 Å². The van der Waals surface area contributed by atoms with Gasteiger partial charge < -0.3 is 15.8 Å². The monoisotopic (exact) mass is 278 g/mol. The van der Waals surface area contributed by atoms with E-state index in [2.05, 4.69) is 19.2 Å². The summed E-state index contributed by atoms with van der Waals surface area (Å²) in [7, 11) is 1.38. The summed E-state index contributed by atoms with van der Waals surface area (Å²) < 4.78 is 4.79. The van der Waals surface area contributed by atoms with Gasteiger partial charge in [0.05, 0.1) is 12.7 Å². The highest BCUT2D eigenvalue weighted by Gasteiger charge is 2.13. The molecule has 0 saturated carbocycles. The maximum atomic E-state index is 11.7. The predicted molar refractivity (Wildman–Crippen MR) is 84.0 cm³/mol. The third-order valence-electron chi connectivity index (χ3n) is 3.34. The molecule has 0 saturated heterocycles. The first kappa shape index (κ1) is 16.3. The molecule has 0 aliphatic carbocycles. The van der Waals surface area contributed by atoms with Crippen LogP contribution in [0.3, 0.4) is 0 Å². The molecule has 0 spiro atoms. The Hall–Kier alpha value is -1.71. The number of rotatable bonds is 8. The summed E-state index contributed by atoms with van der Waals surface area (Å²) in [6, 6.07) is 5.60. The van der Waals surface area contributed by atoms with Crippen molar-refractivity contribution >= 4 is 17.3 Å². The van der Waals surface area contributed by atoms with Crippen molar-refractivity contribution in [2.45, 2.75) is 52.0 Å². The number of hydrogen-bond acceptors (Lipinski definition) is 4. The standard InChI is InChI=1S/C16H26N2O2/c1-4-5-6-7-8-12(2)18-15-10-9-13(17)11-14(15)16(19)20-3/h9-12,18H,4-8,17H2,1-3H3. The fourth-order valence-corrected chi connectivity index (χ4v) is 2.18. The van der Waals surface area contributed by atoms with Crippen molar-refractivity contribution in [1.82, 2.24) is 0 Å². The van der Waals surface area contributed by atoms with Gasteiger partial charge in [-0.25, -0.2) is 4.79 Å². The molecule has 1 atom stereocenters. The van der Waals surface area contributed by atoms with Crippen molar-refractivity contribution in [2.75, 3.05) is 18.2 Å². The van der Waals surface area contributed by atoms with Crippen LogP contribution in [-0.2, 0) is 4.74 Å². The summed E-state index contributed by atoms with van der Waals surface area (Å²) >= 11 is 0. The Bertz CT molecular complexity index is 432. The molecule has 1 rings (SSSR count). The lowest BCUT2D eigenvalue weighted by molar-refractivity contribution is 0.0602. The van der Waals surface area contributed by atoms with E-state index in [1.165, 1.54) is 32.8 Å². The van der Waals surface area contributed by atoms with Crippen LogP contribution in [0.1, 0.15) is 56.3 Å². The third-order valence-corrected chi connectivity index (χ3v) is 3.34. The van der Waals surface area contributed by atoms with Gasteiger partial charge in [-0.05, 0) is 31.5 Å². The molecule has 3 N–H and O–H groups in total. The molecule has 1 aromatic carbocycles. The molecule has 0 fully saturated rings. The van der Waals surface area contributed by atoms with Gasteiger partial charge in [-0.3, -0.25) is 0 Å². The fourth-order valence-electron chi connectivity index (χ4n) is 2.18. The second-order valence-electron chi connectivity index (χ2n) is 5.19. The molecule has 112 valence electrons. The summed E-state index contributed by atoms with van der Waals surface area (Å²) in [4.78, 5) is 11.7. The average molecular weight is 278 g/mol. The predicted octanol–water partition coefficient (Wildman–Crippen LogP) is 3.83. The second kappa shape index (κ2) is 8.46. The number of carbonyl (C=O) groups is 1. The molecule has 1 unspecified atom stereocenters. The van der Waals surface area contributed by atoms with E-state index in [4.69, 9.17) is 10.5 Å². The Kier molecular flexibility index (Phi) is 6.91. The molecular weight excluding hydrogens is 252 g/mol. The number of unbranched alkanes of at least 4 members (excludes halogenated alkanes) is 3. The van der Waals surface area contributed by atoms with Crippen molar-refractivity contribution in [3.05, 3.63) is 23.8 Å². The summed E-state index contributed by atoms with van der Waals surface area (Å²) in [6.45, 7) is 4.34. The van der Waals surface area contributed by atoms with Crippen LogP contribution in [0, 0.1) is 0 Å². The molecule has 0 aliphatic heterocycles. The molecule has 0 aliphatic rings.